The molecule has 0 unspecified atom stereocenters. The zero-order chi connectivity index (χ0) is 18.9. The number of nitro groups is 1. The van der Waals surface area contributed by atoms with E-state index in [4.69, 9.17) is 9.47 Å². The van der Waals surface area contributed by atoms with Gasteiger partial charge in [-0.2, -0.15) is 0 Å². The first-order valence-electron chi connectivity index (χ1n) is 8.27. The van der Waals surface area contributed by atoms with Gasteiger partial charge in [0.2, 0.25) is 5.88 Å². The Bertz CT molecular complexity index is 849. The number of carbonyl (C=O) groups excluding carboxylic acids is 1. The number of hydrogen-bond donors (Lipinski definition) is 0. The molecule has 2 aromatic rings. The van der Waals surface area contributed by atoms with Gasteiger partial charge in [-0.25, -0.2) is 14.8 Å². The summed E-state index contributed by atoms with van der Waals surface area (Å²) in [6.45, 7) is 6.43. The minimum absolute atomic E-state index is 0.0377. The first kappa shape index (κ1) is 17.8. The maximum atomic E-state index is 12.1. The van der Waals surface area contributed by atoms with Crippen LogP contribution in [0.1, 0.15) is 27.2 Å². The van der Waals surface area contributed by atoms with Crippen LogP contribution in [0.5, 0.6) is 5.88 Å². The van der Waals surface area contributed by atoms with Crippen molar-refractivity contribution in [1.29, 1.82) is 0 Å². The lowest BCUT2D eigenvalue weighted by Gasteiger charge is -2.24. The molecule has 1 saturated heterocycles. The quantitative estimate of drug-likeness (QED) is 0.611. The number of fused-ring (bicyclic) bond motifs is 1. The lowest BCUT2D eigenvalue weighted by Crippen LogP contribution is -2.36. The summed E-state index contributed by atoms with van der Waals surface area (Å²) in [6, 6.07) is 4.28. The van der Waals surface area contributed by atoms with Crippen LogP contribution in [-0.2, 0) is 4.74 Å². The second-order valence-corrected chi connectivity index (χ2v) is 7.09. The highest BCUT2D eigenvalue weighted by atomic mass is 16.6. The Morgan fingerprint density at radius 2 is 2.12 bits per heavy atom. The Morgan fingerprint density at radius 3 is 2.81 bits per heavy atom. The Morgan fingerprint density at radius 1 is 1.35 bits per heavy atom. The van der Waals surface area contributed by atoms with E-state index >= 15 is 0 Å². The number of carbonyl (C=O) groups is 1. The molecule has 9 heteroatoms. The lowest BCUT2D eigenvalue weighted by molar-refractivity contribution is -0.384. The van der Waals surface area contributed by atoms with Gasteiger partial charge in [0.15, 0.2) is 0 Å². The summed E-state index contributed by atoms with van der Waals surface area (Å²) in [5.74, 6) is 0.322. The third kappa shape index (κ3) is 4.16. The maximum Gasteiger partial charge on any atom is 0.410 e. The van der Waals surface area contributed by atoms with E-state index in [2.05, 4.69) is 9.97 Å². The number of non-ortho nitro benzene ring substituents is 1. The standard InChI is InChI=1S/C17H20N4O5/c1-17(2,3)26-16(22)20-7-6-12(10-20)25-15-9-18-14-8-11(21(23)24)4-5-13(14)19-15/h4-5,8-9,12H,6-7,10H2,1-3H3/t12-/m1/s1. The van der Waals surface area contributed by atoms with Gasteiger partial charge in [-0.15, -0.1) is 0 Å². The van der Waals surface area contributed by atoms with Gasteiger partial charge in [0.05, 0.1) is 28.7 Å². The van der Waals surface area contributed by atoms with Crippen LogP contribution in [-0.4, -0.2) is 50.7 Å². The van der Waals surface area contributed by atoms with E-state index in [1.165, 1.54) is 24.4 Å². The van der Waals surface area contributed by atoms with E-state index in [1.54, 1.807) is 4.90 Å². The number of amides is 1. The van der Waals surface area contributed by atoms with E-state index in [1.807, 2.05) is 20.8 Å². The zero-order valence-electron chi connectivity index (χ0n) is 14.8. The maximum absolute atomic E-state index is 12.1. The Balaban J connectivity index is 1.65. The van der Waals surface area contributed by atoms with Gasteiger partial charge in [0, 0.05) is 25.1 Å². The van der Waals surface area contributed by atoms with Crippen LogP contribution in [0, 0.1) is 10.1 Å². The minimum Gasteiger partial charge on any atom is -0.471 e. The summed E-state index contributed by atoms with van der Waals surface area (Å²) in [5.41, 5.74) is 0.357. The number of nitrogens with zero attached hydrogens (tertiary/aromatic N) is 4. The van der Waals surface area contributed by atoms with Crippen molar-refractivity contribution in [1.82, 2.24) is 14.9 Å². The molecule has 138 valence electrons. The van der Waals surface area contributed by atoms with E-state index in [-0.39, 0.29) is 17.9 Å². The molecule has 0 aliphatic carbocycles. The summed E-state index contributed by atoms with van der Waals surface area (Å²) in [7, 11) is 0. The van der Waals surface area contributed by atoms with Crippen LogP contribution in [0.4, 0.5) is 10.5 Å². The molecule has 0 bridgehead atoms. The molecular formula is C17H20N4O5. The van der Waals surface area contributed by atoms with Crippen molar-refractivity contribution in [3.63, 3.8) is 0 Å². The third-order valence-electron chi connectivity index (χ3n) is 3.80. The molecule has 1 aromatic heterocycles. The number of nitro benzene ring substituents is 1. The van der Waals surface area contributed by atoms with E-state index < -0.39 is 10.5 Å². The van der Waals surface area contributed by atoms with Crippen molar-refractivity contribution in [3.05, 3.63) is 34.5 Å². The fourth-order valence-corrected chi connectivity index (χ4v) is 2.64. The Kier molecular flexibility index (Phi) is 4.62. The molecule has 1 aliphatic rings. The summed E-state index contributed by atoms with van der Waals surface area (Å²) in [4.78, 5) is 32.5. The molecule has 1 aliphatic heterocycles. The zero-order valence-corrected chi connectivity index (χ0v) is 14.8. The molecule has 3 rings (SSSR count). The highest BCUT2D eigenvalue weighted by Crippen LogP contribution is 2.22. The minimum atomic E-state index is -0.539. The van der Waals surface area contributed by atoms with Crippen LogP contribution < -0.4 is 4.74 Å². The molecule has 0 N–H and O–H groups in total. The topological polar surface area (TPSA) is 108 Å². The molecule has 2 heterocycles. The molecular weight excluding hydrogens is 340 g/mol. The number of benzene rings is 1. The predicted molar refractivity (Wildman–Crippen MR) is 93.0 cm³/mol. The van der Waals surface area contributed by atoms with Gasteiger partial charge in [-0.05, 0) is 26.8 Å². The first-order valence-corrected chi connectivity index (χ1v) is 8.27. The van der Waals surface area contributed by atoms with E-state index in [9.17, 15) is 14.9 Å². The second kappa shape index (κ2) is 6.74. The van der Waals surface area contributed by atoms with E-state index in [0.29, 0.717) is 36.4 Å². The van der Waals surface area contributed by atoms with Gasteiger partial charge >= 0.3 is 6.09 Å². The summed E-state index contributed by atoms with van der Waals surface area (Å²) < 4.78 is 11.2. The second-order valence-electron chi connectivity index (χ2n) is 7.09. The average Bonchev–Trinajstić information content (AvgIpc) is 3.01. The molecule has 1 fully saturated rings. The number of ether oxygens (including phenoxy) is 2. The summed E-state index contributed by atoms with van der Waals surface area (Å²) in [6.07, 6.45) is 1.54. The lowest BCUT2D eigenvalue weighted by atomic mass is 10.2. The SMILES string of the molecule is CC(C)(C)OC(=O)N1CC[C@@H](Oc2cnc3cc([N+](=O)[O-])ccc3n2)C1. The van der Waals surface area contributed by atoms with Gasteiger partial charge in [0.25, 0.3) is 5.69 Å². The molecule has 0 saturated carbocycles. The van der Waals surface area contributed by atoms with Gasteiger partial charge in [-0.1, -0.05) is 0 Å². The largest absolute Gasteiger partial charge is 0.471 e. The van der Waals surface area contributed by atoms with Crippen molar-refractivity contribution in [2.75, 3.05) is 13.1 Å². The molecule has 9 nitrogen and oxygen atoms in total. The Labute approximate surface area is 150 Å². The molecule has 0 spiro atoms. The average molecular weight is 360 g/mol. The molecule has 1 amide bonds. The van der Waals surface area contributed by atoms with Crippen molar-refractivity contribution < 1.29 is 19.2 Å². The third-order valence-corrected chi connectivity index (χ3v) is 3.80. The van der Waals surface area contributed by atoms with Crippen molar-refractivity contribution >= 4 is 22.8 Å². The van der Waals surface area contributed by atoms with Crippen LogP contribution in [0.3, 0.4) is 0 Å². The number of aromatic nitrogens is 2. The highest BCUT2D eigenvalue weighted by molar-refractivity contribution is 5.77. The molecule has 26 heavy (non-hydrogen) atoms. The molecule has 1 aromatic carbocycles. The van der Waals surface area contributed by atoms with Gasteiger partial charge in [0.1, 0.15) is 11.7 Å². The van der Waals surface area contributed by atoms with Crippen LogP contribution in [0.15, 0.2) is 24.4 Å². The number of likely N-dealkylation sites (tertiary alicyclic amines) is 1. The molecule has 0 radical (unpaired) electrons. The summed E-state index contributed by atoms with van der Waals surface area (Å²) >= 11 is 0. The smallest absolute Gasteiger partial charge is 0.410 e. The number of rotatable bonds is 3. The van der Waals surface area contributed by atoms with Crippen molar-refractivity contribution in [3.8, 4) is 5.88 Å². The fourth-order valence-electron chi connectivity index (χ4n) is 2.64. The normalized spacial score (nSPS) is 17.3. The molecule has 1 atom stereocenters. The van der Waals surface area contributed by atoms with Crippen molar-refractivity contribution in [2.24, 2.45) is 0 Å². The predicted octanol–water partition coefficient (Wildman–Crippen LogP) is 2.93. The van der Waals surface area contributed by atoms with E-state index in [0.717, 1.165) is 0 Å². The van der Waals surface area contributed by atoms with Crippen LogP contribution >= 0.6 is 0 Å². The monoisotopic (exact) mass is 360 g/mol. The highest BCUT2D eigenvalue weighted by Gasteiger charge is 2.31. The van der Waals surface area contributed by atoms with Gasteiger partial charge in [-0.3, -0.25) is 10.1 Å². The Hall–Kier alpha value is -2.97. The van der Waals surface area contributed by atoms with Crippen LogP contribution in [0.2, 0.25) is 0 Å². The van der Waals surface area contributed by atoms with Gasteiger partial charge < -0.3 is 14.4 Å². The number of hydrogen-bond acceptors (Lipinski definition) is 7. The van der Waals surface area contributed by atoms with Crippen LogP contribution in [0.25, 0.3) is 11.0 Å². The van der Waals surface area contributed by atoms with Crippen molar-refractivity contribution in [2.45, 2.75) is 38.9 Å². The fraction of sp³-hybridized carbons (Fsp3) is 0.471. The summed E-state index contributed by atoms with van der Waals surface area (Å²) in [5, 5.41) is 10.8. The first-order chi connectivity index (χ1) is 12.2.